The maximum Gasteiger partial charge on any atom is 0.287 e. The summed E-state index contributed by atoms with van der Waals surface area (Å²) < 4.78 is 18.6. The number of nitrogens with one attached hydrogen (secondary N) is 1. The topological polar surface area (TPSA) is 55.0 Å². The molecule has 0 fully saturated rings. The molecule has 0 saturated carbocycles. The summed E-state index contributed by atoms with van der Waals surface area (Å²) in [6.07, 6.45) is 0. The van der Waals surface area contributed by atoms with E-state index in [9.17, 15) is 9.18 Å². The standard InChI is InChI=1S/C12H11FN2O2/c1-7-14-11(10(13)12(16)15-7)8-3-5-9(17-2)6-4-8/h3-6H,1-2H3,(H,14,15,16). The van der Waals surface area contributed by atoms with Crippen molar-refractivity contribution in [3.63, 3.8) is 0 Å². The highest BCUT2D eigenvalue weighted by molar-refractivity contribution is 5.60. The van der Waals surface area contributed by atoms with E-state index in [0.29, 0.717) is 17.1 Å². The Kier molecular flexibility index (Phi) is 2.91. The number of hydrogen-bond acceptors (Lipinski definition) is 3. The predicted molar refractivity (Wildman–Crippen MR) is 61.5 cm³/mol. The highest BCUT2D eigenvalue weighted by atomic mass is 19.1. The van der Waals surface area contributed by atoms with Gasteiger partial charge < -0.3 is 9.72 Å². The van der Waals surface area contributed by atoms with Crippen LogP contribution in [0.4, 0.5) is 4.39 Å². The van der Waals surface area contributed by atoms with Crippen molar-refractivity contribution < 1.29 is 9.13 Å². The Hall–Kier alpha value is -2.17. The summed E-state index contributed by atoms with van der Waals surface area (Å²) in [6.45, 7) is 1.61. The van der Waals surface area contributed by atoms with Gasteiger partial charge in [-0.25, -0.2) is 4.98 Å². The van der Waals surface area contributed by atoms with Crippen molar-refractivity contribution in [2.45, 2.75) is 6.92 Å². The third-order valence-electron chi connectivity index (χ3n) is 2.34. The molecular formula is C12H11FN2O2. The van der Waals surface area contributed by atoms with Crippen molar-refractivity contribution in [1.82, 2.24) is 9.97 Å². The molecule has 0 aliphatic heterocycles. The number of nitrogens with zero attached hydrogens (tertiary/aromatic N) is 1. The molecule has 0 atom stereocenters. The molecular weight excluding hydrogens is 223 g/mol. The Morgan fingerprint density at radius 1 is 1.29 bits per heavy atom. The van der Waals surface area contributed by atoms with Gasteiger partial charge in [-0.1, -0.05) is 0 Å². The zero-order valence-corrected chi connectivity index (χ0v) is 9.45. The van der Waals surface area contributed by atoms with E-state index in [1.54, 1.807) is 38.3 Å². The fourth-order valence-corrected chi connectivity index (χ4v) is 1.51. The summed E-state index contributed by atoms with van der Waals surface area (Å²) >= 11 is 0. The van der Waals surface area contributed by atoms with E-state index < -0.39 is 11.4 Å². The van der Waals surface area contributed by atoms with Crippen LogP contribution < -0.4 is 10.3 Å². The second kappa shape index (κ2) is 4.37. The zero-order chi connectivity index (χ0) is 12.4. The van der Waals surface area contributed by atoms with E-state index >= 15 is 0 Å². The monoisotopic (exact) mass is 234 g/mol. The van der Waals surface area contributed by atoms with Crippen LogP contribution in [-0.2, 0) is 0 Å². The maximum absolute atomic E-state index is 13.6. The van der Waals surface area contributed by atoms with Crippen molar-refractivity contribution in [3.05, 3.63) is 46.3 Å². The van der Waals surface area contributed by atoms with Crippen molar-refractivity contribution >= 4 is 0 Å². The molecule has 5 heteroatoms. The molecule has 0 radical (unpaired) electrons. The molecule has 4 nitrogen and oxygen atoms in total. The van der Waals surface area contributed by atoms with E-state index in [1.807, 2.05) is 0 Å². The van der Waals surface area contributed by atoms with Gasteiger partial charge in [0.05, 0.1) is 7.11 Å². The van der Waals surface area contributed by atoms with Crippen LogP contribution in [-0.4, -0.2) is 17.1 Å². The molecule has 1 aromatic heterocycles. The molecule has 0 spiro atoms. The van der Waals surface area contributed by atoms with Gasteiger partial charge in [0.25, 0.3) is 5.56 Å². The van der Waals surface area contributed by atoms with Crippen molar-refractivity contribution in [1.29, 1.82) is 0 Å². The first-order valence-corrected chi connectivity index (χ1v) is 5.02. The maximum atomic E-state index is 13.6. The summed E-state index contributed by atoms with van der Waals surface area (Å²) in [7, 11) is 1.55. The largest absolute Gasteiger partial charge is 0.497 e. The van der Waals surface area contributed by atoms with Gasteiger partial charge in [0, 0.05) is 5.56 Å². The Balaban J connectivity index is 2.56. The number of aryl methyl sites for hydroxylation is 1. The van der Waals surface area contributed by atoms with Crippen LogP contribution in [0.25, 0.3) is 11.3 Å². The molecule has 2 aromatic rings. The van der Waals surface area contributed by atoms with Crippen LogP contribution in [0.3, 0.4) is 0 Å². The number of ether oxygens (including phenoxy) is 1. The molecule has 1 N–H and O–H groups in total. The quantitative estimate of drug-likeness (QED) is 0.863. The number of methoxy groups -OCH3 is 1. The first kappa shape index (κ1) is 11.3. The Labute approximate surface area is 97.1 Å². The van der Waals surface area contributed by atoms with Crippen LogP contribution in [0.15, 0.2) is 29.1 Å². The van der Waals surface area contributed by atoms with Gasteiger partial charge in [-0.05, 0) is 31.2 Å². The summed E-state index contributed by atoms with van der Waals surface area (Å²) in [4.78, 5) is 17.6. The third kappa shape index (κ3) is 2.18. The number of hydrogen-bond donors (Lipinski definition) is 1. The zero-order valence-electron chi connectivity index (χ0n) is 9.45. The summed E-state index contributed by atoms with van der Waals surface area (Å²) in [5.41, 5.74) is -0.172. The van der Waals surface area contributed by atoms with Gasteiger partial charge in [0.1, 0.15) is 17.3 Å². The second-order valence-electron chi connectivity index (χ2n) is 3.54. The third-order valence-corrected chi connectivity index (χ3v) is 2.34. The van der Waals surface area contributed by atoms with Crippen LogP contribution in [0.2, 0.25) is 0 Å². The minimum absolute atomic E-state index is 0.0499. The van der Waals surface area contributed by atoms with Crippen molar-refractivity contribution in [3.8, 4) is 17.0 Å². The lowest BCUT2D eigenvalue weighted by Gasteiger charge is -2.04. The van der Waals surface area contributed by atoms with E-state index in [4.69, 9.17) is 4.74 Å². The Morgan fingerprint density at radius 3 is 2.53 bits per heavy atom. The van der Waals surface area contributed by atoms with Gasteiger partial charge in [-0.3, -0.25) is 4.79 Å². The first-order chi connectivity index (χ1) is 8.11. The molecule has 0 amide bonds. The van der Waals surface area contributed by atoms with Gasteiger partial charge in [-0.2, -0.15) is 4.39 Å². The number of benzene rings is 1. The van der Waals surface area contributed by atoms with Crippen LogP contribution >= 0.6 is 0 Å². The van der Waals surface area contributed by atoms with Gasteiger partial charge in [-0.15, -0.1) is 0 Å². The lowest BCUT2D eigenvalue weighted by Crippen LogP contribution is -2.15. The molecule has 0 bridgehead atoms. The lowest BCUT2D eigenvalue weighted by atomic mass is 10.1. The van der Waals surface area contributed by atoms with Crippen LogP contribution in [0, 0.1) is 12.7 Å². The Morgan fingerprint density at radius 2 is 1.94 bits per heavy atom. The van der Waals surface area contributed by atoms with E-state index in [-0.39, 0.29) is 5.69 Å². The summed E-state index contributed by atoms with van der Waals surface area (Å²) in [6, 6.07) is 6.69. The van der Waals surface area contributed by atoms with Crippen LogP contribution in [0.1, 0.15) is 5.82 Å². The molecule has 1 aromatic carbocycles. The van der Waals surface area contributed by atoms with Crippen molar-refractivity contribution in [2.24, 2.45) is 0 Å². The molecule has 0 saturated heterocycles. The Bertz CT molecular complexity index is 590. The fourth-order valence-electron chi connectivity index (χ4n) is 1.51. The summed E-state index contributed by atoms with van der Waals surface area (Å²) in [5, 5.41) is 0. The van der Waals surface area contributed by atoms with E-state index in [1.165, 1.54) is 0 Å². The molecule has 0 aliphatic carbocycles. The average molecular weight is 234 g/mol. The van der Waals surface area contributed by atoms with Gasteiger partial charge in [0.15, 0.2) is 0 Å². The fraction of sp³-hybridized carbons (Fsp3) is 0.167. The molecule has 0 aliphatic rings. The minimum Gasteiger partial charge on any atom is -0.497 e. The van der Waals surface area contributed by atoms with E-state index in [2.05, 4.69) is 9.97 Å². The minimum atomic E-state index is -0.874. The summed E-state index contributed by atoms with van der Waals surface area (Å²) in [5.74, 6) is 0.165. The van der Waals surface area contributed by atoms with E-state index in [0.717, 1.165) is 0 Å². The predicted octanol–water partition coefficient (Wildman–Crippen LogP) is 1.89. The van der Waals surface area contributed by atoms with Crippen molar-refractivity contribution in [2.75, 3.05) is 7.11 Å². The number of H-pyrrole nitrogens is 1. The normalized spacial score (nSPS) is 10.3. The molecule has 17 heavy (non-hydrogen) atoms. The number of aromatic amines is 1. The van der Waals surface area contributed by atoms with Crippen LogP contribution in [0.5, 0.6) is 5.75 Å². The molecule has 2 rings (SSSR count). The second-order valence-corrected chi connectivity index (χ2v) is 3.54. The smallest absolute Gasteiger partial charge is 0.287 e. The van der Waals surface area contributed by atoms with Gasteiger partial charge >= 0.3 is 0 Å². The SMILES string of the molecule is COc1ccc(-c2nc(C)[nH]c(=O)c2F)cc1. The first-order valence-electron chi connectivity index (χ1n) is 5.02. The number of halogens is 1. The molecule has 88 valence electrons. The average Bonchev–Trinajstić information content (AvgIpc) is 2.34. The molecule has 0 unspecified atom stereocenters. The number of rotatable bonds is 2. The lowest BCUT2D eigenvalue weighted by molar-refractivity contribution is 0.415. The highest BCUT2D eigenvalue weighted by Gasteiger charge is 2.11. The van der Waals surface area contributed by atoms with Gasteiger partial charge in [0.2, 0.25) is 5.82 Å². The highest BCUT2D eigenvalue weighted by Crippen LogP contribution is 2.21. The molecule has 1 heterocycles. The number of aromatic nitrogens is 2.